The maximum Gasteiger partial charge on any atom is 0.143 e. The highest BCUT2D eigenvalue weighted by Gasteiger charge is 2.35. The lowest BCUT2D eigenvalue weighted by molar-refractivity contribution is 0.659. The second kappa shape index (κ2) is 11.8. The molecular formula is C53H38O. The van der Waals surface area contributed by atoms with Crippen molar-refractivity contribution in [2.24, 2.45) is 0 Å². The zero-order valence-electron chi connectivity index (χ0n) is 56.3. The van der Waals surface area contributed by atoms with Gasteiger partial charge >= 0.3 is 0 Å². The van der Waals surface area contributed by atoms with Gasteiger partial charge in [-0.3, -0.25) is 0 Å². The number of rotatable bonds is 5. The maximum absolute atomic E-state index is 9.71. The number of fused-ring (bicyclic) bond motifs is 10. The van der Waals surface area contributed by atoms with E-state index in [1.807, 2.05) is 0 Å². The normalized spacial score (nSPS) is 20.6. The van der Waals surface area contributed by atoms with Crippen LogP contribution >= 0.6 is 0 Å². The predicted molar refractivity (Wildman–Crippen MR) is 228 cm³/mol. The summed E-state index contributed by atoms with van der Waals surface area (Å²) in [4.78, 5) is 0. The summed E-state index contributed by atoms with van der Waals surface area (Å²) >= 11 is 0. The molecule has 0 N–H and O–H groups in total. The Bertz CT molecular complexity index is 4640. The van der Waals surface area contributed by atoms with E-state index in [2.05, 4.69) is 0 Å². The average Bonchev–Trinajstić information content (AvgIpc) is 2.51. The van der Waals surface area contributed by atoms with Gasteiger partial charge in [-0.2, -0.15) is 0 Å². The summed E-state index contributed by atoms with van der Waals surface area (Å²) in [5.74, 6) is 0. The first-order valence-electron chi connectivity index (χ1n) is 30.8. The zero-order valence-corrected chi connectivity index (χ0v) is 28.3. The van der Waals surface area contributed by atoms with Crippen molar-refractivity contribution in [3.63, 3.8) is 0 Å². The molecule has 1 nitrogen and oxygen atoms in total. The summed E-state index contributed by atoms with van der Waals surface area (Å²) in [6, 6.07) is -20.3. The molecule has 1 aromatic heterocycles. The first-order chi connectivity index (χ1) is 38.2. The minimum absolute atomic E-state index is 0.0357. The monoisotopic (exact) mass is 718 g/mol. The molecule has 0 fully saturated rings. The Morgan fingerprint density at radius 1 is 0.444 bits per heavy atom. The Balaban J connectivity index is 1.18. The van der Waals surface area contributed by atoms with Gasteiger partial charge in [0, 0.05) is 21.6 Å². The van der Waals surface area contributed by atoms with Gasteiger partial charge < -0.3 is 4.42 Å². The topological polar surface area (TPSA) is 13.1 Å². The van der Waals surface area contributed by atoms with E-state index >= 15 is 0 Å². The van der Waals surface area contributed by atoms with Gasteiger partial charge in [0.25, 0.3) is 0 Å². The average molecular weight is 719 g/mol. The molecule has 9 aromatic carbocycles. The first-order valence-corrected chi connectivity index (χ1v) is 16.8. The molecule has 1 heteroatoms. The van der Waals surface area contributed by atoms with Crippen LogP contribution in [0.25, 0.3) is 76.5 Å². The van der Waals surface area contributed by atoms with Crippen molar-refractivity contribution in [3.05, 3.63) is 203 Å². The molecule has 0 amide bonds. The van der Waals surface area contributed by atoms with Gasteiger partial charge in [-0.15, -0.1) is 0 Å². The van der Waals surface area contributed by atoms with Crippen molar-refractivity contribution in [3.8, 4) is 22.3 Å². The summed E-state index contributed by atoms with van der Waals surface area (Å²) in [5, 5.41) is -3.17. The van der Waals surface area contributed by atoms with Crippen molar-refractivity contribution in [1.82, 2.24) is 0 Å². The van der Waals surface area contributed by atoms with E-state index in [1.54, 1.807) is 13.8 Å². The molecule has 11 rings (SSSR count). The number of benzene rings is 9. The van der Waals surface area contributed by atoms with Crippen LogP contribution in [0.2, 0.25) is 0 Å². The second-order valence-corrected chi connectivity index (χ2v) is 13.4. The fraction of sp³-hybridized carbons (Fsp3) is 0.0943. The summed E-state index contributed by atoms with van der Waals surface area (Å²) in [6.07, 6.45) is -1.56. The van der Waals surface area contributed by atoms with Crippen molar-refractivity contribution >= 4 is 54.3 Å². The molecule has 0 atom stereocenters. The van der Waals surface area contributed by atoms with Gasteiger partial charge in [-0.05, 0) is 114 Å². The quantitative estimate of drug-likeness (QED) is 0.162. The Morgan fingerprint density at radius 2 is 1.02 bits per heavy atom. The lowest BCUT2D eigenvalue weighted by atomic mass is 9.81. The van der Waals surface area contributed by atoms with E-state index in [-0.39, 0.29) is 49.7 Å². The summed E-state index contributed by atoms with van der Waals surface area (Å²) < 4.78 is 259. The maximum atomic E-state index is 9.71. The van der Waals surface area contributed by atoms with E-state index in [0.29, 0.717) is 0 Å². The molecule has 0 radical (unpaired) electrons. The van der Waals surface area contributed by atoms with Crippen LogP contribution in [0.4, 0.5) is 0 Å². The highest BCUT2D eigenvalue weighted by molar-refractivity contribution is 6.15. The van der Waals surface area contributed by atoms with Crippen LogP contribution in [0, 0.1) is 0 Å². The molecule has 54 heavy (non-hydrogen) atoms. The van der Waals surface area contributed by atoms with E-state index < -0.39 is 248 Å². The third-order valence-corrected chi connectivity index (χ3v) is 9.95. The fourth-order valence-corrected chi connectivity index (χ4v) is 7.36. The van der Waals surface area contributed by atoms with Crippen molar-refractivity contribution < 1.29 is 42.8 Å². The summed E-state index contributed by atoms with van der Waals surface area (Å²) in [7, 11) is 0. The largest absolute Gasteiger partial charge is 0.455 e. The molecule has 1 aliphatic rings. The lowest BCUT2D eigenvalue weighted by Gasteiger charge is -2.22. The smallest absolute Gasteiger partial charge is 0.143 e. The Labute approximate surface area is 354 Å². The van der Waals surface area contributed by atoms with Crippen molar-refractivity contribution in [2.75, 3.05) is 0 Å². The van der Waals surface area contributed by atoms with Crippen LogP contribution in [0.5, 0.6) is 0 Å². The van der Waals surface area contributed by atoms with E-state index in [1.165, 1.54) is 0 Å². The van der Waals surface area contributed by atoms with Crippen LogP contribution < -0.4 is 0 Å². The minimum atomic E-state index is -1.40. The molecular weight excluding hydrogens is 653 g/mol. The number of hydrogen-bond acceptors (Lipinski definition) is 1. The van der Waals surface area contributed by atoms with Crippen LogP contribution in [0.3, 0.4) is 0 Å². The lowest BCUT2D eigenvalue weighted by Crippen LogP contribution is -2.15. The van der Waals surface area contributed by atoms with E-state index in [0.717, 1.165) is 0 Å². The molecule has 10 aromatic rings. The van der Waals surface area contributed by atoms with Gasteiger partial charge in [0.05, 0.1) is 38.4 Å². The Kier molecular flexibility index (Phi) is 3.07. The first kappa shape index (κ1) is 14.1. The number of furan rings is 1. The van der Waals surface area contributed by atoms with Gasteiger partial charge in [-0.1, -0.05) is 165 Å². The molecule has 0 unspecified atom stereocenters. The van der Waals surface area contributed by atoms with Crippen molar-refractivity contribution in [1.29, 1.82) is 0 Å². The molecule has 0 saturated heterocycles. The van der Waals surface area contributed by atoms with Crippen molar-refractivity contribution in [2.45, 2.75) is 32.1 Å². The minimum Gasteiger partial charge on any atom is -0.455 e. The molecule has 0 bridgehead atoms. The highest BCUT2D eigenvalue weighted by atomic mass is 16.3. The van der Waals surface area contributed by atoms with Gasteiger partial charge in [0.15, 0.2) is 0 Å². The number of hydrogen-bond donors (Lipinski definition) is 0. The third-order valence-electron chi connectivity index (χ3n) is 9.95. The Hall–Kier alpha value is -6.44. The molecule has 1 heterocycles. The second-order valence-electron chi connectivity index (χ2n) is 13.4. The summed E-state index contributed by atoms with van der Waals surface area (Å²) in [5.41, 5.74) is -5.19. The standard InChI is InChI=1S/C53H38O/c1-53(2)49-18-10-9-17-43(49)44-26-21-34(31-50(44)53)30-47-41-15-7-5-13-39(41)46(40-14-6-8-16-42(40)47)29-33-19-22-35(23-20-33)37-25-28-51-48(32-37)45-27-24-36-11-3-4-12-38(36)52(45)54-51/h3-28,31-32H,29-30H2,1-2H3/i3D,4D,5D,6D,7D,8D,9D,10D,11D,12D,13D,14D,15D,16D,17D,18D,19D,20D,21D,22D,23D,24D,25D,26D,27D,28D,31D,32D. The highest BCUT2D eigenvalue weighted by Crippen LogP contribution is 2.49. The van der Waals surface area contributed by atoms with Crippen LogP contribution in [-0.4, -0.2) is 0 Å². The third kappa shape index (κ3) is 4.71. The molecule has 1 aliphatic carbocycles. The SMILES string of the molecule is [2H]c1c([2H])c([2H])c2c(c1[2H])-c1c([2H])c([2H])c(Cc3c4c([2H])c([2H])c([2H])c([2H])c4c(Cc4c([2H])c([2H])c(-c5c([2H])c([2H])c6oc7c8c([2H])c([2H])c([2H])c([2H])c8c([2H])c([2H])c7c6c5[2H])c([2H])c4[2H])c4c([2H])c([2H])c([2H])c([2H])c34)c([2H])c1C2(C)C. The van der Waals surface area contributed by atoms with Crippen LogP contribution in [0.1, 0.15) is 85.6 Å². The van der Waals surface area contributed by atoms with Crippen LogP contribution in [-0.2, 0) is 18.3 Å². The summed E-state index contributed by atoms with van der Waals surface area (Å²) in [6.45, 7) is 3.16. The Morgan fingerprint density at radius 3 is 1.74 bits per heavy atom. The van der Waals surface area contributed by atoms with Gasteiger partial charge in [-0.25, -0.2) is 0 Å². The molecule has 256 valence electrons. The van der Waals surface area contributed by atoms with E-state index in [4.69, 9.17) is 26.3 Å². The molecule has 0 aliphatic heterocycles. The van der Waals surface area contributed by atoms with Crippen LogP contribution in [0.15, 0.2) is 174 Å². The molecule has 0 saturated carbocycles. The van der Waals surface area contributed by atoms with Gasteiger partial charge in [0.1, 0.15) is 11.2 Å². The van der Waals surface area contributed by atoms with E-state index in [9.17, 15) is 16.4 Å². The van der Waals surface area contributed by atoms with Gasteiger partial charge in [0.2, 0.25) is 0 Å². The fourth-order valence-electron chi connectivity index (χ4n) is 7.36. The predicted octanol–water partition coefficient (Wildman–Crippen LogP) is 14.2. The zero-order chi connectivity index (χ0) is 60.3. The molecule has 0 spiro atoms.